The Kier molecular flexibility index (Phi) is 5.71. The van der Waals surface area contributed by atoms with Crippen molar-refractivity contribution in [2.75, 3.05) is 7.05 Å². The number of hydrogen-bond donors (Lipinski definition) is 1. The molecule has 0 aliphatic heterocycles. The van der Waals surface area contributed by atoms with Crippen LogP contribution in [0.25, 0.3) is 0 Å². The average molecular weight is 411 g/mol. The van der Waals surface area contributed by atoms with Crippen LogP contribution in [-0.2, 0) is 16.1 Å². The molecule has 4 aliphatic rings. The second kappa shape index (κ2) is 8.01. The maximum absolute atomic E-state index is 13.5. The van der Waals surface area contributed by atoms with Crippen LogP contribution in [0.5, 0.6) is 0 Å². The summed E-state index contributed by atoms with van der Waals surface area (Å²) in [7, 11) is 1.86. The lowest BCUT2D eigenvalue weighted by Gasteiger charge is -2.56. The minimum atomic E-state index is -0.457. The molecule has 4 saturated carbocycles. The van der Waals surface area contributed by atoms with Crippen molar-refractivity contribution in [3.8, 4) is 0 Å². The topological polar surface area (TPSA) is 49.4 Å². The molecule has 1 aromatic carbocycles. The number of hydrogen-bond acceptors (Lipinski definition) is 2. The Hall–Kier alpha value is -1.84. The summed E-state index contributed by atoms with van der Waals surface area (Å²) in [5.41, 5.74) is 3.38. The number of amides is 2. The molecule has 164 valence electrons. The quantitative estimate of drug-likeness (QED) is 0.744. The predicted octanol–water partition coefficient (Wildman–Crippen LogP) is 4.62. The number of likely N-dealkylation sites (N-methyl/N-ethyl adjacent to an activating group) is 1. The zero-order valence-electron chi connectivity index (χ0n) is 19.3. The first-order valence-corrected chi connectivity index (χ1v) is 11.8. The van der Waals surface area contributed by atoms with Gasteiger partial charge < -0.3 is 10.2 Å². The van der Waals surface area contributed by atoms with Gasteiger partial charge >= 0.3 is 0 Å². The Morgan fingerprint density at radius 2 is 1.63 bits per heavy atom. The third-order valence-electron chi connectivity index (χ3n) is 8.02. The average Bonchev–Trinajstić information content (AvgIpc) is 2.66. The molecule has 0 spiro atoms. The van der Waals surface area contributed by atoms with Crippen molar-refractivity contribution in [3.05, 3.63) is 34.9 Å². The fourth-order valence-electron chi connectivity index (χ4n) is 6.79. The first kappa shape index (κ1) is 21.4. The van der Waals surface area contributed by atoms with Crippen molar-refractivity contribution in [2.45, 2.75) is 78.8 Å². The van der Waals surface area contributed by atoms with Crippen molar-refractivity contribution in [1.29, 1.82) is 0 Å². The zero-order chi connectivity index (χ0) is 21.6. The number of benzene rings is 1. The number of aryl methyl sites for hydroxylation is 2. The lowest BCUT2D eigenvalue weighted by atomic mass is 9.49. The summed E-state index contributed by atoms with van der Waals surface area (Å²) in [6, 6.07) is 5.89. The second-order valence-electron chi connectivity index (χ2n) is 11.0. The smallest absolute Gasteiger partial charge is 0.245 e. The van der Waals surface area contributed by atoms with E-state index in [4.69, 9.17) is 0 Å². The highest BCUT2D eigenvalue weighted by Crippen LogP contribution is 2.60. The van der Waals surface area contributed by atoms with Gasteiger partial charge in [0, 0.05) is 19.0 Å². The van der Waals surface area contributed by atoms with Crippen LogP contribution in [0, 0.1) is 42.9 Å². The van der Waals surface area contributed by atoms with Gasteiger partial charge in [0.1, 0.15) is 6.04 Å². The molecule has 1 aromatic rings. The molecule has 30 heavy (non-hydrogen) atoms. The Morgan fingerprint density at radius 3 is 2.13 bits per heavy atom. The Labute approximate surface area is 181 Å². The van der Waals surface area contributed by atoms with E-state index in [9.17, 15) is 9.59 Å². The molecule has 4 bridgehead atoms. The van der Waals surface area contributed by atoms with Crippen molar-refractivity contribution < 1.29 is 9.59 Å². The highest BCUT2D eigenvalue weighted by Gasteiger charge is 2.55. The van der Waals surface area contributed by atoms with E-state index in [0.717, 1.165) is 42.6 Å². The van der Waals surface area contributed by atoms with Gasteiger partial charge in [0.2, 0.25) is 11.8 Å². The van der Waals surface area contributed by atoms with Crippen LogP contribution in [0.3, 0.4) is 0 Å². The first-order chi connectivity index (χ1) is 14.2. The Morgan fingerprint density at radius 1 is 1.07 bits per heavy atom. The van der Waals surface area contributed by atoms with E-state index in [-0.39, 0.29) is 23.1 Å². The van der Waals surface area contributed by atoms with Crippen molar-refractivity contribution >= 4 is 11.8 Å². The zero-order valence-corrected chi connectivity index (χ0v) is 19.3. The third-order valence-corrected chi connectivity index (χ3v) is 8.02. The highest BCUT2D eigenvalue weighted by atomic mass is 16.2. The summed E-state index contributed by atoms with van der Waals surface area (Å²) in [5, 5.41) is 3.23. The van der Waals surface area contributed by atoms with E-state index in [1.807, 2.05) is 20.9 Å². The second-order valence-corrected chi connectivity index (χ2v) is 11.0. The summed E-state index contributed by atoms with van der Waals surface area (Å²) in [6.45, 7) is 8.82. The molecule has 0 aromatic heterocycles. The van der Waals surface area contributed by atoms with Crippen LogP contribution >= 0.6 is 0 Å². The summed E-state index contributed by atoms with van der Waals surface area (Å²) in [5.74, 6) is 2.40. The largest absolute Gasteiger partial charge is 0.344 e. The molecule has 1 atom stereocenters. The van der Waals surface area contributed by atoms with Gasteiger partial charge in [-0.3, -0.25) is 9.59 Å². The van der Waals surface area contributed by atoms with Crippen LogP contribution in [0.1, 0.15) is 69.1 Å². The fraction of sp³-hybridized carbons (Fsp3) is 0.692. The Bertz CT molecular complexity index is 793. The summed E-state index contributed by atoms with van der Waals surface area (Å²) < 4.78 is 0. The van der Waals surface area contributed by atoms with Crippen LogP contribution < -0.4 is 5.32 Å². The fourth-order valence-corrected chi connectivity index (χ4v) is 6.79. The Balaban J connectivity index is 1.45. The number of carbonyl (C=O) groups is 2. The molecule has 4 heteroatoms. The van der Waals surface area contributed by atoms with Crippen LogP contribution in [-0.4, -0.2) is 29.8 Å². The molecule has 0 heterocycles. The standard InChI is InChI=1S/C26H38N2O2/c1-16(2)23(24(29)28(5)15-22-7-6-17(3)8-18(22)4)27-25(30)26-12-19-9-20(13-26)11-21(10-19)14-26/h6-8,16,19-21,23H,9-15H2,1-5H3,(H,27,30). The minimum absolute atomic E-state index is 0.0167. The molecular weight excluding hydrogens is 372 g/mol. The van der Waals surface area contributed by atoms with Crippen molar-refractivity contribution in [2.24, 2.45) is 29.1 Å². The molecule has 1 N–H and O–H groups in total. The van der Waals surface area contributed by atoms with E-state index < -0.39 is 6.04 Å². The van der Waals surface area contributed by atoms with Gasteiger partial charge in [0.15, 0.2) is 0 Å². The summed E-state index contributed by atoms with van der Waals surface area (Å²) in [4.78, 5) is 28.6. The minimum Gasteiger partial charge on any atom is -0.344 e. The van der Waals surface area contributed by atoms with E-state index in [1.165, 1.54) is 30.4 Å². The predicted molar refractivity (Wildman–Crippen MR) is 120 cm³/mol. The van der Waals surface area contributed by atoms with Gasteiger partial charge in [-0.15, -0.1) is 0 Å². The lowest BCUT2D eigenvalue weighted by molar-refractivity contribution is -0.150. The molecule has 2 amide bonds. The molecule has 1 unspecified atom stereocenters. The SMILES string of the molecule is Cc1ccc(CN(C)C(=O)C(NC(=O)C23CC4CC(CC(C4)C2)C3)C(C)C)c(C)c1. The number of nitrogens with one attached hydrogen (secondary N) is 1. The number of carbonyl (C=O) groups excluding carboxylic acids is 2. The summed E-state index contributed by atoms with van der Waals surface area (Å²) >= 11 is 0. The number of nitrogens with zero attached hydrogens (tertiary/aromatic N) is 1. The van der Waals surface area contributed by atoms with E-state index in [2.05, 4.69) is 37.4 Å². The van der Waals surface area contributed by atoms with Crippen LogP contribution in [0.15, 0.2) is 18.2 Å². The highest BCUT2D eigenvalue weighted by molar-refractivity contribution is 5.90. The molecular formula is C26H38N2O2. The monoisotopic (exact) mass is 410 g/mol. The molecule has 4 nitrogen and oxygen atoms in total. The molecule has 0 saturated heterocycles. The van der Waals surface area contributed by atoms with Gasteiger partial charge in [-0.25, -0.2) is 0 Å². The maximum atomic E-state index is 13.5. The van der Waals surface area contributed by atoms with E-state index in [0.29, 0.717) is 6.54 Å². The molecule has 4 fully saturated rings. The maximum Gasteiger partial charge on any atom is 0.245 e. The normalized spacial score (nSPS) is 30.4. The first-order valence-electron chi connectivity index (χ1n) is 11.8. The molecule has 0 radical (unpaired) electrons. The molecule has 5 rings (SSSR count). The van der Waals surface area contributed by atoms with Crippen LogP contribution in [0.2, 0.25) is 0 Å². The van der Waals surface area contributed by atoms with Gasteiger partial charge in [0.05, 0.1) is 0 Å². The van der Waals surface area contributed by atoms with Gasteiger partial charge in [-0.05, 0) is 87.2 Å². The van der Waals surface area contributed by atoms with E-state index >= 15 is 0 Å². The number of rotatable bonds is 6. The van der Waals surface area contributed by atoms with Gasteiger partial charge in [0.25, 0.3) is 0 Å². The lowest BCUT2D eigenvalue weighted by Crippen LogP contribution is -2.58. The third kappa shape index (κ3) is 4.02. The van der Waals surface area contributed by atoms with Gasteiger partial charge in [-0.1, -0.05) is 37.6 Å². The van der Waals surface area contributed by atoms with E-state index in [1.54, 1.807) is 4.90 Å². The summed E-state index contributed by atoms with van der Waals surface area (Å²) in [6.07, 6.45) is 7.04. The molecule has 4 aliphatic carbocycles. The van der Waals surface area contributed by atoms with Crippen molar-refractivity contribution in [3.63, 3.8) is 0 Å². The van der Waals surface area contributed by atoms with Crippen LogP contribution in [0.4, 0.5) is 0 Å². The van der Waals surface area contributed by atoms with Gasteiger partial charge in [-0.2, -0.15) is 0 Å². The van der Waals surface area contributed by atoms with Crippen molar-refractivity contribution in [1.82, 2.24) is 10.2 Å².